The Morgan fingerprint density at radius 1 is 0.625 bits per heavy atom. The summed E-state index contributed by atoms with van der Waals surface area (Å²) < 4.78 is 5.91. The molecule has 0 atom stereocenters. The Labute approximate surface area is 285 Å². The Morgan fingerprint density at radius 3 is 1.81 bits per heavy atom. The van der Waals surface area contributed by atoms with Crippen molar-refractivity contribution in [2.75, 3.05) is 6.54 Å². The molecular formula is C41H48N2O5. The van der Waals surface area contributed by atoms with Crippen molar-refractivity contribution in [3.63, 3.8) is 0 Å². The first-order valence-electron chi connectivity index (χ1n) is 17.2. The number of amides is 2. The van der Waals surface area contributed by atoms with Crippen molar-refractivity contribution in [1.82, 2.24) is 10.2 Å². The van der Waals surface area contributed by atoms with Crippen LogP contribution in [-0.2, 0) is 22.7 Å². The number of carbonyl (C=O) groups excluding carboxylic acids is 2. The molecule has 4 aromatic carbocycles. The molecule has 0 aliphatic carbocycles. The molecule has 0 aliphatic heterocycles. The molecule has 0 bridgehead atoms. The number of carboxylic acid groups (broad SMARTS) is 1. The summed E-state index contributed by atoms with van der Waals surface area (Å²) in [4.78, 5) is 38.2. The molecule has 2 N–H and O–H groups in total. The van der Waals surface area contributed by atoms with Gasteiger partial charge in [0.05, 0.1) is 0 Å². The summed E-state index contributed by atoms with van der Waals surface area (Å²) in [6.45, 7) is 3.18. The summed E-state index contributed by atoms with van der Waals surface area (Å²) in [5.74, 6) is -1.26. The second kappa shape index (κ2) is 19.7. The van der Waals surface area contributed by atoms with E-state index < -0.39 is 11.9 Å². The highest BCUT2D eigenvalue weighted by molar-refractivity contribution is 6.31. The average Bonchev–Trinajstić information content (AvgIpc) is 3.11. The van der Waals surface area contributed by atoms with Crippen LogP contribution in [0, 0.1) is 0 Å². The maximum absolute atomic E-state index is 12.6. The molecule has 0 saturated heterocycles. The zero-order valence-electron chi connectivity index (χ0n) is 28.0. The van der Waals surface area contributed by atoms with Gasteiger partial charge in [-0.3, -0.25) is 9.59 Å². The molecular weight excluding hydrogens is 600 g/mol. The SMILES string of the molecule is CCCCCCCCCCCCNC(=O)c1ccc(-c2ccc(CN(Cc3cccc(Oc4ccccc4)c3)C(=O)C(=O)O)cc2)cc1. The lowest BCUT2D eigenvalue weighted by Gasteiger charge is -2.21. The molecule has 0 saturated carbocycles. The Morgan fingerprint density at radius 2 is 1.19 bits per heavy atom. The molecule has 0 fully saturated rings. The van der Waals surface area contributed by atoms with E-state index in [0.717, 1.165) is 35.1 Å². The number of para-hydroxylation sites is 1. The molecule has 7 heteroatoms. The molecule has 0 heterocycles. The van der Waals surface area contributed by atoms with Crippen LogP contribution in [-0.4, -0.2) is 34.3 Å². The zero-order valence-corrected chi connectivity index (χ0v) is 28.0. The van der Waals surface area contributed by atoms with Gasteiger partial charge in [-0.25, -0.2) is 4.79 Å². The van der Waals surface area contributed by atoms with Gasteiger partial charge >= 0.3 is 11.9 Å². The number of benzene rings is 4. The highest BCUT2D eigenvalue weighted by atomic mass is 16.5. The Hall–Kier alpha value is -4.91. The topological polar surface area (TPSA) is 95.9 Å². The molecule has 4 rings (SSSR count). The Kier molecular flexibility index (Phi) is 14.7. The molecule has 48 heavy (non-hydrogen) atoms. The number of carboxylic acids is 1. The molecule has 0 spiro atoms. The largest absolute Gasteiger partial charge is 0.474 e. The van der Waals surface area contributed by atoms with Crippen LogP contribution in [0.1, 0.15) is 92.6 Å². The number of nitrogens with zero attached hydrogens (tertiary/aromatic N) is 1. The zero-order chi connectivity index (χ0) is 34.0. The van der Waals surface area contributed by atoms with Crippen LogP contribution >= 0.6 is 0 Å². The first-order valence-corrected chi connectivity index (χ1v) is 17.2. The summed E-state index contributed by atoms with van der Waals surface area (Å²) in [6, 6.07) is 31.8. The van der Waals surface area contributed by atoms with Crippen LogP contribution < -0.4 is 10.1 Å². The number of hydrogen-bond donors (Lipinski definition) is 2. The summed E-state index contributed by atoms with van der Waals surface area (Å²) in [7, 11) is 0. The van der Waals surface area contributed by atoms with Crippen molar-refractivity contribution in [3.05, 3.63) is 120 Å². The lowest BCUT2D eigenvalue weighted by molar-refractivity contribution is -0.156. The van der Waals surface area contributed by atoms with Crippen molar-refractivity contribution < 1.29 is 24.2 Å². The Balaban J connectivity index is 1.26. The van der Waals surface area contributed by atoms with Crippen LogP contribution in [0.3, 0.4) is 0 Å². The van der Waals surface area contributed by atoms with Crippen molar-refractivity contribution >= 4 is 17.8 Å². The number of carbonyl (C=O) groups is 3. The van der Waals surface area contributed by atoms with Gasteiger partial charge in [-0.1, -0.05) is 131 Å². The predicted octanol–water partition coefficient (Wildman–Crippen LogP) is 9.41. The molecule has 0 aromatic heterocycles. The summed E-state index contributed by atoms with van der Waals surface area (Å²) in [6.07, 6.45) is 12.6. The number of unbranched alkanes of at least 4 members (excludes halogenated alkanes) is 9. The van der Waals surface area contributed by atoms with E-state index in [0.29, 0.717) is 23.6 Å². The quantitative estimate of drug-likeness (QED) is 0.0780. The first-order chi connectivity index (χ1) is 23.4. The van der Waals surface area contributed by atoms with E-state index in [-0.39, 0.29) is 19.0 Å². The normalized spacial score (nSPS) is 10.8. The van der Waals surface area contributed by atoms with Crippen molar-refractivity contribution in [1.29, 1.82) is 0 Å². The predicted molar refractivity (Wildman–Crippen MR) is 191 cm³/mol. The van der Waals surface area contributed by atoms with Gasteiger partial charge in [0, 0.05) is 25.2 Å². The maximum atomic E-state index is 12.6. The fraction of sp³-hybridized carbons (Fsp3) is 0.341. The minimum absolute atomic E-state index is 0.0619. The summed E-state index contributed by atoms with van der Waals surface area (Å²) >= 11 is 0. The molecule has 4 aromatic rings. The minimum atomic E-state index is -1.50. The minimum Gasteiger partial charge on any atom is -0.474 e. The molecule has 7 nitrogen and oxygen atoms in total. The lowest BCUT2D eigenvalue weighted by Crippen LogP contribution is -2.35. The number of ether oxygens (including phenoxy) is 1. The van der Waals surface area contributed by atoms with Gasteiger partial charge in [0.15, 0.2) is 0 Å². The number of aliphatic carboxylic acids is 1. The van der Waals surface area contributed by atoms with Gasteiger partial charge < -0.3 is 20.1 Å². The number of rotatable bonds is 19. The van der Waals surface area contributed by atoms with Crippen LogP contribution in [0.5, 0.6) is 11.5 Å². The van der Waals surface area contributed by atoms with Crippen LogP contribution in [0.4, 0.5) is 0 Å². The van der Waals surface area contributed by atoms with Gasteiger partial charge in [-0.15, -0.1) is 0 Å². The standard InChI is InChI=1S/C41H48N2O5/c1-2-3-4-5-6-7-8-9-10-14-28-42-39(44)36-26-24-35(25-27-36)34-22-20-32(21-23-34)30-43(40(45)41(46)47)31-33-16-15-19-38(29-33)48-37-17-12-11-13-18-37/h11-13,15-27,29H,2-10,14,28,30-31H2,1H3,(H,42,44)(H,46,47). The third-order valence-electron chi connectivity index (χ3n) is 8.34. The molecule has 0 unspecified atom stereocenters. The van der Waals surface area contributed by atoms with E-state index in [1.54, 1.807) is 6.07 Å². The van der Waals surface area contributed by atoms with Crippen LogP contribution in [0.15, 0.2) is 103 Å². The number of nitrogens with one attached hydrogen (secondary N) is 1. The van der Waals surface area contributed by atoms with Crippen molar-refractivity contribution in [2.24, 2.45) is 0 Å². The van der Waals surface area contributed by atoms with Crippen molar-refractivity contribution in [3.8, 4) is 22.6 Å². The van der Waals surface area contributed by atoms with Gasteiger partial charge in [-0.05, 0) is 65.1 Å². The first kappa shape index (κ1) is 35.9. The van der Waals surface area contributed by atoms with E-state index in [4.69, 9.17) is 4.74 Å². The lowest BCUT2D eigenvalue weighted by atomic mass is 10.0. The molecule has 2 amide bonds. The fourth-order valence-corrected chi connectivity index (χ4v) is 5.64. The van der Waals surface area contributed by atoms with E-state index in [1.807, 2.05) is 97.1 Å². The van der Waals surface area contributed by atoms with E-state index in [1.165, 1.54) is 56.3 Å². The summed E-state index contributed by atoms with van der Waals surface area (Å²) in [5.41, 5.74) is 4.10. The smallest absolute Gasteiger partial charge is 0.394 e. The second-order valence-corrected chi connectivity index (χ2v) is 12.2. The third-order valence-corrected chi connectivity index (χ3v) is 8.34. The highest BCUT2D eigenvalue weighted by Crippen LogP contribution is 2.24. The van der Waals surface area contributed by atoms with Gasteiger partial charge in [0.2, 0.25) is 0 Å². The molecule has 0 aliphatic rings. The molecule has 0 radical (unpaired) electrons. The fourth-order valence-electron chi connectivity index (χ4n) is 5.64. The van der Waals surface area contributed by atoms with Gasteiger partial charge in [0.1, 0.15) is 11.5 Å². The van der Waals surface area contributed by atoms with Crippen LogP contribution in [0.2, 0.25) is 0 Å². The van der Waals surface area contributed by atoms with Gasteiger partial charge in [0.25, 0.3) is 5.91 Å². The monoisotopic (exact) mass is 648 g/mol. The van der Waals surface area contributed by atoms with Crippen LogP contribution in [0.25, 0.3) is 11.1 Å². The second-order valence-electron chi connectivity index (χ2n) is 12.2. The highest BCUT2D eigenvalue weighted by Gasteiger charge is 2.22. The van der Waals surface area contributed by atoms with E-state index in [9.17, 15) is 19.5 Å². The van der Waals surface area contributed by atoms with E-state index >= 15 is 0 Å². The maximum Gasteiger partial charge on any atom is 0.394 e. The Bertz CT molecular complexity index is 1570. The summed E-state index contributed by atoms with van der Waals surface area (Å²) in [5, 5.41) is 12.5. The molecule has 252 valence electrons. The third kappa shape index (κ3) is 12.0. The van der Waals surface area contributed by atoms with Gasteiger partial charge in [-0.2, -0.15) is 0 Å². The average molecular weight is 649 g/mol. The number of hydrogen-bond acceptors (Lipinski definition) is 4. The van der Waals surface area contributed by atoms with Crippen molar-refractivity contribution in [2.45, 2.75) is 84.2 Å². The van der Waals surface area contributed by atoms with E-state index in [2.05, 4.69) is 12.2 Å².